The molecule has 1 aromatic rings. The number of fused-ring (bicyclic) bond motifs is 1. The molecule has 0 bridgehead atoms. The number of nitrogens with zero attached hydrogens (tertiary/aromatic N) is 3. The van der Waals surface area contributed by atoms with E-state index in [1.165, 1.54) is 0 Å². The second-order valence-corrected chi connectivity index (χ2v) is 6.59. The summed E-state index contributed by atoms with van der Waals surface area (Å²) in [6, 6.07) is 1.35. The van der Waals surface area contributed by atoms with Crippen LogP contribution in [0.4, 0.5) is 0 Å². The summed E-state index contributed by atoms with van der Waals surface area (Å²) in [6.07, 6.45) is 4.79. The number of amides is 1. The van der Waals surface area contributed by atoms with Gasteiger partial charge in [0.2, 0.25) is 5.91 Å². The Kier molecular flexibility index (Phi) is 3.93. The number of carboxylic acid groups (broad SMARTS) is 1. The molecule has 22 heavy (non-hydrogen) atoms. The van der Waals surface area contributed by atoms with Gasteiger partial charge >= 0.3 is 5.97 Å². The molecule has 3 rings (SSSR count). The molecule has 0 radical (unpaired) electrons. The Morgan fingerprint density at radius 1 is 1.32 bits per heavy atom. The van der Waals surface area contributed by atoms with Crippen molar-refractivity contribution in [3.63, 3.8) is 0 Å². The van der Waals surface area contributed by atoms with Gasteiger partial charge in [0.25, 0.3) is 0 Å². The Morgan fingerprint density at radius 2 is 2.05 bits per heavy atom. The molecule has 1 amide bonds. The van der Waals surface area contributed by atoms with Crippen LogP contribution in [0.5, 0.6) is 0 Å². The topological polar surface area (TPSA) is 75.4 Å². The van der Waals surface area contributed by atoms with Crippen LogP contribution in [0.15, 0.2) is 6.07 Å². The van der Waals surface area contributed by atoms with Gasteiger partial charge in [-0.1, -0.05) is 12.8 Å². The van der Waals surface area contributed by atoms with Gasteiger partial charge in [-0.3, -0.25) is 9.48 Å². The molecular weight excluding hydrogens is 282 g/mol. The summed E-state index contributed by atoms with van der Waals surface area (Å²) in [5.41, 5.74) is 1.80. The Labute approximate surface area is 130 Å². The fourth-order valence-electron chi connectivity index (χ4n) is 4.08. The summed E-state index contributed by atoms with van der Waals surface area (Å²) < 4.78 is 1.67. The minimum absolute atomic E-state index is 0.0966. The number of rotatable bonds is 3. The van der Waals surface area contributed by atoms with E-state index in [-0.39, 0.29) is 18.5 Å². The van der Waals surface area contributed by atoms with Crippen molar-refractivity contribution >= 4 is 11.9 Å². The third-order valence-corrected chi connectivity index (χ3v) is 5.05. The second-order valence-electron chi connectivity index (χ2n) is 6.59. The molecule has 2 heterocycles. The number of carboxylic acids is 1. The van der Waals surface area contributed by atoms with Crippen molar-refractivity contribution in [2.45, 2.75) is 64.6 Å². The van der Waals surface area contributed by atoms with Gasteiger partial charge in [0, 0.05) is 11.7 Å². The molecule has 120 valence electrons. The Morgan fingerprint density at radius 3 is 2.68 bits per heavy atom. The van der Waals surface area contributed by atoms with E-state index in [4.69, 9.17) is 0 Å². The first-order valence-electron chi connectivity index (χ1n) is 8.02. The zero-order valence-electron chi connectivity index (χ0n) is 13.2. The van der Waals surface area contributed by atoms with Gasteiger partial charge in [-0.2, -0.15) is 5.10 Å². The first kappa shape index (κ1) is 15.1. The van der Waals surface area contributed by atoms with Gasteiger partial charge in [-0.25, -0.2) is 4.79 Å². The Balaban J connectivity index is 1.81. The lowest BCUT2D eigenvalue weighted by Crippen LogP contribution is -2.47. The molecule has 1 aromatic heterocycles. The maximum atomic E-state index is 12.7. The van der Waals surface area contributed by atoms with Crippen LogP contribution < -0.4 is 0 Å². The van der Waals surface area contributed by atoms with Crippen LogP contribution in [0.1, 0.15) is 43.5 Å². The molecule has 1 N–H and O–H groups in total. The van der Waals surface area contributed by atoms with Crippen molar-refractivity contribution in [3.05, 3.63) is 17.5 Å². The van der Waals surface area contributed by atoms with Gasteiger partial charge in [-0.05, 0) is 45.1 Å². The molecule has 3 atom stereocenters. The van der Waals surface area contributed by atoms with Crippen LogP contribution in [0.2, 0.25) is 0 Å². The van der Waals surface area contributed by atoms with Crippen LogP contribution in [0, 0.1) is 19.8 Å². The Hall–Kier alpha value is -1.85. The van der Waals surface area contributed by atoms with Crippen LogP contribution in [-0.4, -0.2) is 43.7 Å². The predicted molar refractivity (Wildman–Crippen MR) is 80.3 cm³/mol. The van der Waals surface area contributed by atoms with E-state index in [0.717, 1.165) is 37.1 Å². The van der Waals surface area contributed by atoms with Gasteiger partial charge in [0.15, 0.2) is 0 Å². The van der Waals surface area contributed by atoms with Crippen molar-refractivity contribution in [1.29, 1.82) is 0 Å². The molecule has 1 saturated carbocycles. The molecule has 1 aliphatic carbocycles. The van der Waals surface area contributed by atoms with Crippen molar-refractivity contribution in [3.8, 4) is 0 Å². The van der Waals surface area contributed by atoms with E-state index in [0.29, 0.717) is 12.3 Å². The molecular formula is C16H23N3O3. The van der Waals surface area contributed by atoms with Crippen LogP contribution in [0.3, 0.4) is 0 Å². The number of carbonyl (C=O) groups is 2. The first-order valence-corrected chi connectivity index (χ1v) is 8.02. The van der Waals surface area contributed by atoms with Crippen LogP contribution in [0.25, 0.3) is 0 Å². The van der Waals surface area contributed by atoms with Gasteiger partial charge in [0.1, 0.15) is 12.6 Å². The molecule has 0 aromatic carbocycles. The molecule has 1 saturated heterocycles. The highest BCUT2D eigenvalue weighted by Gasteiger charge is 2.47. The second kappa shape index (κ2) is 5.74. The molecule has 2 aliphatic rings. The largest absolute Gasteiger partial charge is 0.480 e. The maximum absolute atomic E-state index is 12.7. The third kappa shape index (κ3) is 2.62. The highest BCUT2D eigenvalue weighted by Crippen LogP contribution is 2.39. The van der Waals surface area contributed by atoms with E-state index in [1.807, 2.05) is 19.9 Å². The summed E-state index contributed by atoms with van der Waals surface area (Å²) in [6.45, 7) is 3.93. The average molecular weight is 305 g/mol. The normalized spacial score (nSPS) is 27.7. The SMILES string of the molecule is Cc1cc(C)n(CC(=O)N2[C@H](C(=O)O)C[C@H]3CCCC[C@@H]32)n1. The highest BCUT2D eigenvalue weighted by molar-refractivity contribution is 5.84. The zero-order valence-corrected chi connectivity index (χ0v) is 13.2. The van der Waals surface area contributed by atoms with E-state index >= 15 is 0 Å². The number of hydrogen-bond donors (Lipinski definition) is 1. The lowest BCUT2D eigenvalue weighted by molar-refractivity contribution is -0.150. The molecule has 1 aliphatic heterocycles. The minimum Gasteiger partial charge on any atom is -0.480 e. The van der Waals surface area contributed by atoms with Crippen molar-refractivity contribution in [1.82, 2.24) is 14.7 Å². The standard InChI is InChI=1S/C16H23N3O3/c1-10-7-11(2)18(17-10)9-15(20)19-13-6-4-3-5-12(13)8-14(19)16(21)22/h7,12-14H,3-6,8-9H2,1-2H3,(H,21,22)/t12-,13+,14+/m1/s1. The van der Waals surface area contributed by atoms with E-state index in [2.05, 4.69) is 5.10 Å². The van der Waals surface area contributed by atoms with Crippen LogP contribution in [-0.2, 0) is 16.1 Å². The van der Waals surface area contributed by atoms with Crippen molar-refractivity contribution in [2.75, 3.05) is 0 Å². The summed E-state index contributed by atoms with van der Waals surface area (Å²) >= 11 is 0. The van der Waals surface area contributed by atoms with Gasteiger partial charge in [0.05, 0.1) is 5.69 Å². The van der Waals surface area contributed by atoms with Gasteiger partial charge in [-0.15, -0.1) is 0 Å². The fraction of sp³-hybridized carbons (Fsp3) is 0.688. The molecule has 2 fully saturated rings. The Bertz CT molecular complexity index is 595. The average Bonchev–Trinajstić information content (AvgIpc) is 2.99. The predicted octanol–water partition coefficient (Wildman–Crippen LogP) is 1.74. The number of hydrogen-bond acceptors (Lipinski definition) is 3. The minimum atomic E-state index is -0.879. The highest BCUT2D eigenvalue weighted by atomic mass is 16.4. The summed E-state index contributed by atoms with van der Waals surface area (Å²) in [5, 5.41) is 13.8. The molecule has 0 spiro atoms. The van der Waals surface area contributed by atoms with Crippen molar-refractivity contribution < 1.29 is 14.7 Å². The van der Waals surface area contributed by atoms with E-state index < -0.39 is 12.0 Å². The smallest absolute Gasteiger partial charge is 0.326 e. The summed E-state index contributed by atoms with van der Waals surface area (Å²) in [7, 11) is 0. The number of aryl methyl sites for hydroxylation is 2. The number of aliphatic carboxylic acids is 1. The fourth-order valence-corrected chi connectivity index (χ4v) is 4.08. The monoisotopic (exact) mass is 305 g/mol. The molecule has 0 unspecified atom stereocenters. The van der Waals surface area contributed by atoms with Crippen molar-refractivity contribution in [2.24, 2.45) is 5.92 Å². The van der Waals surface area contributed by atoms with E-state index in [9.17, 15) is 14.7 Å². The summed E-state index contributed by atoms with van der Waals surface area (Å²) in [5.74, 6) is -0.650. The number of carbonyl (C=O) groups excluding carboxylic acids is 1. The zero-order chi connectivity index (χ0) is 15.9. The first-order chi connectivity index (χ1) is 10.5. The van der Waals surface area contributed by atoms with E-state index in [1.54, 1.807) is 9.58 Å². The quantitative estimate of drug-likeness (QED) is 0.923. The summed E-state index contributed by atoms with van der Waals surface area (Å²) in [4.78, 5) is 26.0. The third-order valence-electron chi connectivity index (χ3n) is 5.05. The lowest BCUT2D eigenvalue weighted by Gasteiger charge is -2.33. The molecule has 6 nitrogen and oxygen atoms in total. The number of aromatic nitrogens is 2. The van der Waals surface area contributed by atoms with Gasteiger partial charge < -0.3 is 10.0 Å². The lowest BCUT2D eigenvalue weighted by atomic mass is 9.85. The van der Waals surface area contributed by atoms with Crippen LogP contribution >= 0.6 is 0 Å². The molecule has 6 heteroatoms. The maximum Gasteiger partial charge on any atom is 0.326 e. The number of likely N-dealkylation sites (tertiary alicyclic amines) is 1.